The number of rotatable bonds is 6. The molecule has 1 aliphatic rings. The van der Waals surface area contributed by atoms with Gasteiger partial charge in [-0.2, -0.15) is 0 Å². The number of ether oxygens (including phenoxy) is 1. The molecule has 0 saturated carbocycles. The van der Waals surface area contributed by atoms with Crippen molar-refractivity contribution in [2.24, 2.45) is 0 Å². The molecule has 1 fully saturated rings. The van der Waals surface area contributed by atoms with Crippen LogP contribution in [0.2, 0.25) is 0 Å². The average Bonchev–Trinajstić information content (AvgIpc) is 2.45. The van der Waals surface area contributed by atoms with Gasteiger partial charge in [-0.1, -0.05) is 6.92 Å². The lowest BCUT2D eigenvalue weighted by atomic mass is 9.94. The highest BCUT2D eigenvalue weighted by Crippen LogP contribution is 2.22. The van der Waals surface area contributed by atoms with Gasteiger partial charge in [0.25, 0.3) is 0 Å². The first-order valence-corrected chi connectivity index (χ1v) is 8.61. The lowest BCUT2D eigenvalue weighted by molar-refractivity contribution is 0.0537. The molecular formula is C13H22N4O3S. The maximum atomic E-state index is 12.4. The van der Waals surface area contributed by atoms with Gasteiger partial charge in [-0.3, -0.25) is 0 Å². The zero-order valence-electron chi connectivity index (χ0n) is 12.4. The summed E-state index contributed by atoms with van der Waals surface area (Å²) in [6.45, 7) is 5.81. The van der Waals surface area contributed by atoms with E-state index in [1.165, 1.54) is 12.4 Å². The second-order valence-electron chi connectivity index (χ2n) is 5.45. The summed E-state index contributed by atoms with van der Waals surface area (Å²) in [5.74, 6) is 0.438. The molecule has 0 aromatic carbocycles. The summed E-state index contributed by atoms with van der Waals surface area (Å²) in [5, 5.41) is 3.01. The molecule has 0 bridgehead atoms. The Labute approximate surface area is 125 Å². The molecule has 0 unspecified atom stereocenters. The maximum absolute atomic E-state index is 12.4. The summed E-state index contributed by atoms with van der Waals surface area (Å²) in [5.41, 5.74) is -0.476. The van der Waals surface area contributed by atoms with E-state index in [1.807, 2.05) is 13.8 Å². The number of hydrogen-bond donors (Lipinski definition) is 2. The number of sulfonamides is 1. The van der Waals surface area contributed by atoms with Gasteiger partial charge in [0.2, 0.25) is 16.0 Å². The first-order chi connectivity index (χ1) is 9.95. The van der Waals surface area contributed by atoms with Gasteiger partial charge in [-0.05, 0) is 26.2 Å². The highest BCUT2D eigenvalue weighted by atomic mass is 32.2. The van der Waals surface area contributed by atoms with Crippen LogP contribution in [0.5, 0.6) is 0 Å². The van der Waals surface area contributed by atoms with Crippen molar-refractivity contribution in [3.63, 3.8) is 0 Å². The highest BCUT2D eigenvalue weighted by molar-refractivity contribution is 7.89. The van der Waals surface area contributed by atoms with Gasteiger partial charge in [-0.25, -0.2) is 23.1 Å². The molecule has 1 saturated heterocycles. The summed E-state index contributed by atoms with van der Waals surface area (Å²) < 4.78 is 32.8. The Hall–Kier alpha value is -1.25. The SMILES string of the molecule is CCCNc1ncc(S(=O)(=O)NC2(C)CCOCC2)cn1. The quantitative estimate of drug-likeness (QED) is 0.818. The van der Waals surface area contributed by atoms with Gasteiger partial charge < -0.3 is 10.1 Å². The fourth-order valence-corrected chi connectivity index (χ4v) is 3.44. The Kier molecular flexibility index (Phi) is 5.13. The fourth-order valence-electron chi connectivity index (χ4n) is 2.09. The van der Waals surface area contributed by atoms with Crippen LogP contribution in [0.1, 0.15) is 33.1 Å². The molecule has 7 nitrogen and oxygen atoms in total. The Morgan fingerprint density at radius 2 is 1.90 bits per heavy atom. The van der Waals surface area contributed by atoms with Crippen molar-refractivity contribution in [3.05, 3.63) is 12.4 Å². The lowest BCUT2D eigenvalue weighted by Crippen LogP contribution is -2.49. The van der Waals surface area contributed by atoms with E-state index in [2.05, 4.69) is 20.0 Å². The van der Waals surface area contributed by atoms with Gasteiger partial charge in [0.1, 0.15) is 4.90 Å². The summed E-state index contributed by atoms with van der Waals surface area (Å²) in [6, 6.07) is 0. The molecule has 2 heterocycles. The van der Waals surface area contributed by atoms with E-state index in [4.69, 9.17) is 4.74 Å². The van der Waals surface area contributed by atoms with Crippen LogP contribution in [0.25, 0.3) is 0 Å². The van der Waals surface area contributed by atoms with Crippen molar-refractivity contribution in [3.8, 4) is 0 Å². The van der Waals surface area contributed by atoms with E-state index in [1.54, 1.807) is 0 Å². The Bertz CT molecular complexity index is 553. The molecular weight excluding hydrogens is 292 g/mol. The van der Waals surface area contributed by atoms with Crippen LogP contribution in [-0.2, 0) is 14.8 Å². The van der Waals surface area contributed by atoms with Crippen LogP contribution >= 0.6 is 0 Å². The highest BCUT2D eigenvalue weighted by Gasteiger charge is 2.32. The molecule has 1 aliphatic heterocycles. The number of nitrogens with zero attached hydrogens (tertiary/aromatic N) is 2. The Morgan fingerprint density at radius 1 is 1.29 bits per heavy atom. The number of aromatic nitrogens is 2. The molecule has 2 rings (SSSR count). The van der Waals surface area contributed by atoms with Crippen LogP contribution in [0.15, 0.2) is 17.3 Å². The van der Waals surface area contributed by atoms with Gasteiger partial charge in [-0.15, -0.1) is 0 Å². The van der Waals surface area contributed by atoms with E-state index < -0.39 is 15.6 Å². The monoisotopic (exact) mass is 314 g/mol. The van der Waals surface area contributed by atoms with Crippen molar-refractivity contribution in [1.29, 1.82) is 0 Å². The largest absolute Gasteiger partial charge is 0.381 e. The number of hydrogen-bond acceptors (Lipinski definition) is 6. The summed E-state index contributed by atoms with van der Waals surface area (Å²) in [7, 11) is -3.61. The molecule has 118 valence electrons. The summed E-state index contributed by atoms with van der Waals surface area (Å²) in [6.07, 6.45) is 4.92. The molecule has 1 aromatic heterocycles. The Morgan fingerprint density at radius 3 is 2.48 bits per heavy atom. The number of nitrogens with one attached hydrogen (secondary N) is 2. The lowest BCUT2D eigenvalue weighted by Gasteiger charge is -2.33. The van der Waals surface area contributed by atoms with Crippen molar-refractivity contribution in [2.45, 2.75) is 43.5 Å². The second kappa shape index (κ2) is 6.67. The first kappa shape index (κ1) is 16.1. The predicted molar refractivity (Wildman–Crippen MR) is 79.6 cm³/mol. The third-order valence-corrected chi connectivity index (χ3v) is 5.04. The van der Waals surface area contributed by atoms with E-state index in [0.717, 1.165) is 13.0 Å². The number of anilines is 1. The summed E-state index contributed by atoms with van der Waals surface area (Å²) in [4.78, 5) is 8.15. The van der Waals surface area contributed by atoms with Gasteiger partial charge in [0.05, 0.1) is 12.4 Å². The fraction of sp³-hybridized carbons (Fsp3) is 0.692. The van der Waals surface area contributed by atoms with Crippen LogP contribution in [0.4, 0.5) is 5.95 Å². The molecule has 0 spiro atoms. The topological polar surface area (TPSA) is 93.2 Å². The van der Waals surface area contributed by atoms with Crippen molar-refractivity contribution < 1.29 is 13.2 Å². The zero-order valence-corrected chi connectivity index (χ0v) is 13.2. The standard InChI is InChI=1S/C13H22N4O3S/c1-3-6-14-12-15-9-11(10-16-12)21(18,19)17-13(2)4-7-20-8-5-13/h9-10,17H,3-8H2,1-2H3,(H,14,15,16). The van der Waals surface area contributed by atoms with E-state index in [0.29, 0.717) is 32.0 Å². The normalized spacial score (nSPS) is 18.4. The van der Waals surface area contributed by atoms with Crippen LogP contribution in [0.3, 0.4) is 0 Å². The van der Waals surface area contributed by atoms with Gasteiger partial charge in [0, 0.05) is 25.3 Å². The average molecular weight is 314 g/mol. The predicted octanol–water partition coefficient (Wildman–Crippen LogP) is 1.15. The molecule has 2 N–H and O–H groups in total. The van der Waals surface area contributed by atoms with Crippen molar-refractivity contribution in [1.82, 2.24) is 14.7 Å². The summed E-state index contributed by atoms with van der Waals surface area (Å²) >= 11 is 0. The van der Waals surface area contributed by atoms with Crippen molar-refractivity contribution in [2.75, 3.05) is 25.1 Å². The van der Waals surface area contributed by atoms with E-state index in [-0.39, 0.29) is 4.90 Å². The molecule has 8 heteroatoms. The molecule has 0 aliphatic carbocycles. The minimum absolute atomic E-state index is 0.0808. The molecule has 1 aromatic rings. The third-order valence-electron chi connectivity index (χ3n) is 3.45. The second-order valence-corrected chi connectivity index (χ2v) is 7.13. The smallest absolute Gasteiger partial charge is 0.244 e. The van der Waals surface area contributed by atoms with Crippen LogP contribution in [0, 0.1) is 0 Å². The van der Waals surface area contributed by atoms with Crippen LogP contribution in [-0.4, -0.2) is 43.7 Å². The zero-order chi connectivity index (χ0) is 15.3. The molecule has 0 atom stereocenters. The molecule has 0 amide bonds. The van der Waals surface area contributed by atoms with E-state index >= 15 is 0 Å². The van der Waals surface area contributed by atoms with Crippen molar-refractivity contribution >= 4 is 16.0 Å². The van der Waals surface area contributed by atoms with E-state index in [9.17, 15) is 8.42 Å². The minimum atomic E-state index is -3.61. The first-order valence-electron chi connectivity index (χ1n) is 7.13. The molecule has 0 radical (unpaired) electrons. The third kappa shape index (κ3) is 4.36. The van der Waals surface area contributed by atoms with Gasteiger partial charge >= 0.3 is 0 Å². The van der Waals surface area contributed by atoms with Crippen LogP contribution < -0.4 is 10.0 Å². The maximum Gasteiger partial charge on any atom is 0.244 e. The Balaban J connectivity index is 2.08. The van der Waals surface area contributed by atoms with Gasteiger partial charge in [0.15, 0.2) is 0 Å². The minimum Gasteiger partial charge on any atom is -0.381 e. The molecule has 21 heavy (non-hydrogen) atoms.